The van der Waals surface area contributed by atoms with Gasteiger partial charge in [-0.15, -0.1) is 8.58 Å². The van der Waals surface area contributed by atoms with E-state index in [1.165, 1.54) is 6.16 Å². The Kier molecular flexibility index (Phi) is 1.84. The van der Waals surface area contributed by atoms with Crippen LogP contribution in [0.4, 0.5) is 0 Å². The highest BCUT2D eigenvalue weighted by Crippen LogP contribution is 2.21. The van der Waals surface area contributed by atoms with Gasteiger partial charge < -0.3 is 5.73 Å². The first-order valence-corrected chi connectivity index (χ1v) is 3.82. The molecule has 1 nitrogen and oxygen atoms in total. The van der Waals surface area contributed by atoms with Gasteiger partial charge in [0.2, 0.25) is 0 Å². The average molecular weight is 115 g/mol. The Bertz CT molecular complexity index is 80.1. The van der Waals surface area contributed by atoms with E-state index in [1.807, 2.05) is 0 Å². The Balaban J connectivity index is 2.32. The summed E-state index contributed by atoms with van der Waals surface area (Å²) in [4.78, 5) is 0. The third kappa shape index (κ3) is 1.58. The smallest absolute Gasteiger partial charge is 0.0251 e. The fourth-order valence-corrected chi connectivity index (χ4v) is 1.54. The van der Waals surface area contributed by atoms with Crippen molar-refractivity contribution in [3.05, 3.63) is 12.2 Å². The van der Waals surface area contributed by atoms with Gasteiger partial charge >= 0.3 is 0 Å². The van der Waals surface area contributed by atoms with Gasteiger partial charge in [0.05, 0.1) is 0 Å². The first-order valence-electron chi connectivity index (χ1n) is 2.53. The lowest BCUT2D eigenvalue weighted by molar-refractivity contribution is 0.915. The topological polar surface area (TPSA) is 26.0 Å². The zero-order chi connectivity index (χ0) is 5.11. The van der Waals surface area contributed by atoms with Gasteiger partial charge in [-0.3, -0.25) is 0 Å². The van der Waals surface area contributed by atoms with Crippen LogP contribution in [-0.2, 0) is 0 Å². The lowest BCUT2D eigenvalue weighted by Crippen LogP contribution is -2.14. The van der Waals surface area contributed by atoms with Crippen molar-refractivity contribution >= 4 is 8.58 Å². The van der Waals surface area contributed by atoms with Gasteiger partial charge in [0.1, 0.15) is 0 Å². The minimum absolute atomic E-state index is 0.477. The van der Waals surface area contributed by atoms with Gasteiger partial charge in [-0.05, 0) is 12.6 Å². The summed E-state index contributed by atoms with van der Waals surface area (Å²) < 4.78 is 0. The molecule has 0 aromatic rings. The van der Waals surface area contributed by atoms with Crippen molar-refractivity contribution < 1.29 is 0 Å². The summed E-state index contributed by atoms with van der Waals surface area (Å²) in [5, 5.41) is 0. The van der Waals surface area contributed by atoms with Crippen LogP contribution in [0, 0.1) is 0 Å². The van der Waals surface area contributed by atoms with Crippen molar-refractivity contribution in [1.82, 2.24) is 0 Å². The largest absolute Gasteiger partial charge is 0.324 e. The lowest BCUT2D eigenvalue weighted by atomic mass is 10.4. The van der Waals surface area contributed by atoms with Crippen LogP contribution < -0.4 is 5.73 Å². The van der Waals surface area contributed by atoms with E-state index in [9.17, 15) is 0 Å². The highest BCUT2D eigenvalue weighted by atomic mass is 31.1. The molecule has 2 atom stereocenters. The molecule has 1 unspecified atom stereocenters. The van der Waals surface area contributed by atoms with Crippen LogP contribution in [0.1, 0.15) is 6.42 Å². The van der Waals surface area contributed by atoms with Crippen LogP contribution >= 0.6 is 8.58 Å². The summed E-state index contributed by atoms with van der Waals surface area (Å²) in [6.45, 7) is 0. The van der Waals surface area contributed by atoms with Crippen LogP contribution in [0.15, 0.2) is 12.2 Å². The van der Waals surface area contributed by atoms with E-state index in [0.29, 0.717) is 5.78 Å². The van der Waals surface area contributed by atoms with Crippen molar-refractivity contribution in [2.75, 3.05) is 6.16 Å². The number of allylic oxidation sites excluding steroid dienone is 1. The molecule has 1 aliphatic heterocycles. The summed E-state index contributed by atoms with van der Waals surface area (Å²) in [7, 11) is 0.966. The standard InChI is InChI=1S/C5H10NP/c6-5-3-1-2-4-7-5/h1-2,5,7H,3-4,6H2/t5-/m0/s1. The molecule has 0 aliphatic carbocycles. The van der Waals surface area contributed by atoms with E-state index in [-0.39, 0.29) is 0 Å². The fourth-order valence-electron chi connectivity index (χ4n) is 0.629. The van der Waals surface area contributed by atoms with Crippen molar-refractivity contribution in [3.63, 3.8) is 0 Å². The predicted molar refractivity (Wildman–Crippen MR) is 34.9 cm³/mol. The number of rotatable bonds is 0. The van der Waals surface area contributed by atoms with E-state index in [1.54, 1.807) is 0 Å². The number of hydrogen-bond donors (Lipinski definition) is 1. The van der Waals surface area contributed by atoms with Crippen molar-refractivity contribution in [3.8, 4) is 0 Å². The maximum atomic E-state index is 5.60. The molecule has 1 aliphatic rings. The molecular weight excluding hydrogens is 105 g/mol. The summed E-state index contributed by atoms with van der Waals surface area (Å²) in [6, 6.07) is 0. The lowest BCUT2D eigenvalue weighted by Gasteiger charge is -2.10. The van der Waals surface area contributed by atoms with E-state index in [2.05, 4.69) is 12.2 Å². The Morgan fingerprint density at radius 1 is 1.57 bits per heavy atom. The monoisotopic (exact) mass is 115 g/mol. The quantitative estimate of drug-likeness (QED) is 0.368. The van der Waals surface area contributed by atoms with Gasteiger partial charge in [0.15, 0.2) is 0 Å². The molecule has 40 valence electrons. The van der Waals surface area contributed by atoms with Gasteiger partial charge in [-0.25, -0.2) is 0 Å². The average Bonchev–Trinajstić information content (AvgIpc) is 1.69. The molecule has 0 aromatic carbocycles. The maximum absolute atomic E-state index is 5.60. The Hall–Kier alpha value is 0.130. The summed E-state index contributed by atoms with van der Waals surface area (Å²) in [5.41, 5.74) is 5.60. The molecule has 2 N–H and O–H groups in total. The van der Waals surface area contributed by atoms with Crippen LogP contribution in [0.25, 0.3) is 0 Å². The van der Waals surface area contributed by atoms with Crippen molar-refractivity contribution in [2.24, 2.45) is 5.73 Å². The summed E-state index contributed by atoms with van der Waals surface area (Å²) in [6.07, 6.45) is 6.68. The molecule has 0 bridgehead atoms. The molecular formula is C5H10NP. The molecule has 0 fully saturated rings. The normalized spacial score (nSPS) is 34.1. The highest BCUT2D eigenvalue weighted by Gasteiger charge is 2.00. The first-order chi connectivity index (χ1) is 3.39. The predicted octanol–water partition coefficient (Wildman–Crippen LogP) is 0.910. The van der Waals surface area contributed by atoms with Crippen LogP contribution in [0.2, 0.25) is 0 Å². The minimum Gasteiger partial charge on any atom is -0.324 e. The van der Waals surface area contributed by atoms with E-state index in [0.717, 1.165) is 15.0 Å². The fraction of sp³-hybridized carbons (Fsp3) is 0.600. The molecule has 2 heteroatoms. The molecule has 0 aromatic heterocycles. The summed E-state index contributed by atoms with van der Waals surface area (Å²) >= 11 is 0. The van der Waals surface area contributed by atoms with Crippen molar-refractivity contribution in [2.45, 2.75) is 12.2 Å². The second-order valence-electron chi connectivity index (χ2n) is 1.72. The van der Waals surface area contributed by atoms with Crippen LogP contribution in [0.5, 0.6) is 0 Å². The van der Waals surface area contributed by atoms with E-state index >= 15 is 0 Å². The maximum Gasteiger partial charge on any atom is 0.0251 e. The minimum atomic E-state index is 0.477. The third-order valence-corrected chi connectivity index (χ3v) is 2.29. The van der Waals surface area contributed by atoms with E-state index < -0.39 is 0 Å². The SMILES string of the molecule is N[C@@H]1CC=CCP1. The Labute approximate surface area is 45.8 Å². The van der Waals surface area contributed by atoms with Gasteiger partial charge in [0.25, 0.3) is 0 Å². The van der Waals surface area contributed by atoms with Crippen LogP contribution in [0.3, 0.4) is 0 Å². The first kappa shape index (κ1) is 5.27. The third-order valence-electron chi connectivity index (χ3n) is 1.05. The molecule has 1 rings (SSSR count). The zero-order valence-electron chi connectivity index (χ0n) is 4.22. The molecule has 0 amide bonds. The number of hydrogen-bond acceptors (Lipinski definition) is 1. The molecule has 7 heavy (non-hydrogen) atoms. The molecule has 0 saturated heterocycles. The molecule has 0 saturated carbocycles. The molecule has 1 heterocycles. The summed E-state index contributed by atoms with van der Waals surface area (Å²) in [5.74, 6) is 0.477. The van der Waals surface area contributed by atoms with Crippen LogP contribution in [-0.4, -0.2) is 11.9 Å². The molecule has 0 spiro atoms. The van der Waals surface area contributed by atoms with E-state index in [4.69, 9.17) is 5.73 Å². The van der Waals surface area contributed by atoms with Gasteiger partial charge in [-0.1, -0.05) is 12.2 Å². The Morgan fingerprint density at radius 2 is 2.43 bits per heavy atom. The van der Waals surface area contributed by atoms with Gasteiger partial charge in [0, 0.05) is 5.78 Å². The zero-order valence-corrected chi connectivity index (χ0v) is 5.22. The molecule has 0 radical (unpaired) electrons. The van der Waals surface area contributed by atoms with Gasteiger partial charge in [-0.2, -0.15) is 0 Å². The second-order valence-corrected chi connectivity index (χ2v) is 3.28. The number of nitrogens with two attached hydrogens (primary N) is 1. The Morgan fingerprint density at radius 3 is 2.71 bits per heavy atom. The highest BCUT2D eigenvalue weighted by molar-refractivity contribution is 7.39. The van der Waals surface area contributed by atoms with Crippen molar-refractivity contribution in [1.29, 1.82) is 0 Å². The second kappa shape index (κ2) is 2.44.